The lowest BCUT2D eigenvalue weighted by molar-refractivity contribution is 0.324. The Labute approximate surface area is 149 Å². The lowest BCUT2D eigenvalue weighted by Crippen LogP contribution is -2.39. The second-order valence-corrected chi connectivity index (χ2v) is 7.55. The number of nitrogens with zero attached hydrogens (tertiary/aromatic N) is 1. The summed E-state index contributed by atoms with van der Waals surface area (Å²) in [7, 11) is 1.64. The third kappa shape index (κ3) is 7.08. The summed E-state index contributed by atoms with van der Waals surface area (Å²) >= 11 is 0. The SMILES string of the molecule is CCNC(=NCc1cc(OC)c(OC)c(OC)c1)NCCS(C)(=O)=O. The molecule has 0 unspecified atom stereocenters. The van der Waals surface area contributed by atoms with Gasteiger partial charge in [0, 0.05) is 19.3 Å². The van der Waals surface area contributed by atoms with Crippen molar-refractivity contribution in [3.63, 3.8) is 0 Å². The van der Waals surface area contributed by atoms with Crippen LogP contribution in [-0.2, 0) is 16.4 Å². The van der Waals surface area contributed by atoms with E-state index in [1.807, 2.05) is 19.1 Å². The van der Waals surface area contributed by atoms with E-state index < -0.39 is 9.84 Å². The normalized spacial score (nSPS) is 11.8. The first kappa shape index (κ1) is 20.9. The van der Waals surface area contributed by atoms with Crippen molar-refractivity contribution in [3.8, 4) is 17.2 Å². The summed E-state index contributed by atoms with van der Waals surface area (Å²) in [6, 6.07) is 3.65. The molecule has 0 atom stereocenters. The van der Waals surface area contributed by atoms with Gasteiger partial charge in [-0.25, -0.2) is 13.4 Å². The van der Waals surface area contributed by atoms with E-state index in [2.05, 4.69) is 15.6 Å². The van der Waals surface area contributed by atoms with Crippen LogP contribution in [0.2, 0.25) is 0 Å². The number of hydrogen-bond acceptors (Lipinski definition) is 6. The molecule has 2 N–H and O–H groups in total. The number of sulfone groups is 1. The van der Waals surface area contributed by atoms with Gasteiger partial charge in [0.15, 0.2) is 17.5 Å². The lowest BCUT2D eigenvalue weighted by Gasteiger charge is -2.14. The highest BCUT2D eigenvalue weighted by Gasteiger charge is 2.13. The number of rotatable bonds is 9. The largest absolute Gasteiger partial charge is 0.493 e. The molecule has 0 heterocycles. The van der Waals surface area contributed by atoms with Gasteiger partial charge in [-0.2, -0.15) is 0 Å². The number of ether oxygens (including phenoxy) is 3. The third-order valence-corrected chi connectivity index (χ3v) is 4.20. The van der Waals surface area contributed by atoms with E-state index >= 15 is 0 Å². The number of methoxy groups -OCH3 is 3. The van der Waals surface area contributed by atoms with Crippen LogP contribution in [0.5, 0.6) is 17.2 Å². The molecule has 142 valence electrons. The Morgan fingerprint density at radius 2 is 1.68 bits per heavy atom. The van der Waals surface area contributed by atoms with Crippen LogP contribution in [-0.4, -0.2) is 60.8 Å². The zero-order valence-electron chi connectivity index (χ0n) is 15.4. The zero-order valence-corrected chi connectivity index (χ0v) is 16.2. The first-order valence-electron chi connectivity index (χ1n) is 7.83. The van der Waals surface area contributed by atoms with Crippen LogP contribution >= 0.6 is 0 Å². The van der Waals surface area contributed by atoms with Gasteiger partial charge in [-0.15, -0.1) is 0 Å². The highest BCUT2D eigenvalue weighted by Crippen LogP contribution is 2.38. The van der Waals surface area contributed by atoms with Crippen molar-refractivity contribution in [2.45, 2.75) is 13.5 Å². The second kappa shape index (κ2) is 9.97. The quantitative estimate of drug-likeness (QED) is 0.488. The van der Waals surface area contributed by atoms with Crippen molar-refractivity contribution in [1.29, 1.82) is 0 Å². The Balaban J connectivity index is 2.91. The minimum atomic E-state index is -3.02. The molecule has 0 spiro atoms. The molecule has 0 amide bonds. The number of hydrogen-bond donors (Lipinski definition) is 2. The maximum Gasteiger partial charge on any atom is 0.203 e. The van der Waals surface area contributed by atoms with E-state index in [1.54, 1.807) is 21.3 Å². The van der Waals surface area contributed by atoms with Crippen LogP contribution in [0, 0.1) is 0 Å². The van der Waals surface area contributed by atoms with Crippen LogP contribution in [0.25, 0.3) is 0 Å². The van der Waals surface area contributed by atoms with Crippen molar-refractivity contribution >= 4 is 15.8 Å². The first-order valence-corrected chi connectivity index (χ1v) is 9.89. The van der Waals surface area contributed by atoms with Gasteiger partial charge < -0.3 is 24.8 Å². The molecule has 8 nitrogen and oxygen atoms in total. The van der Waals surface area contributed by atoms with Gasteiger partial charge in [0.05, 0.1) is 33.6 Å². The Kier molecular flexibility index (Phi) is 8.33. The molecule has 0 aliphatic rings. The molecule has 0 bridgehead atoms. The van der Waals surface area contributed by atoms with E-state index in [1.165, 1.54) is 6.26 Å². The molecule has 1 aromatic rings. The summed E-state index contributed by atoms with van der Waals surface area (Å²) in [5, 5.41) is 6.08. The van der Waals surface area contributed by atoms with Crippen LogP contribution in [0.1, 0.15) is 12.5 Å². The molecule has 0 saturated heterocycles. The third-order valence-electron chi connectivity index (χ3n) is 3.25. The number of benzene rings is 1. The Bertz CT molecular complexity index is 664. The van der Waals surface area contributed by atoms with Gasteiger partial charge in [-0.1, -0.05) is 0 Å². The predicted molar refractivity (Wildman–Crippen MR) is 98.6 cm³/mol. The van der Waals surface area contributed by atoms with E-state index in [0.29, 0.717) is 42.8 Å². The van der Waals surface area contributed by atoms with Crippen molar-refractivity contribution in [3.05, 3.63) is 17.7 Å². The van der Waals surface area contributed by atoms with Gasteiger partial charge in [0.1, 0.15) is 9.84 Å². The average molecular weight is 373 g/mol. The molecule has 9 heteroatoms. The topological polar surface area (TPSA) is 98.2 Å². The van der Waals surface area contributed by atoms with Crippen LogP contribution in [0.15, 0.2) is 17.1 Å². The smallest absolute Gasteiger partial charge is 0.203 e. The molecule has 0 fully saturated rings. The Morgan fingerprint density at radius 1 is 1.08 bits per heavy atom. The minimum Gasteiger partial charge on any atom is -0.493 e. The first-order chi connectivity index (χ1) is 11.8. The summed E-state index contributed by atoms with van der Waals surface area (Å²) in [5.74, 6) is 2.22. The molecule has 25 heavy (non-hydrogen) atoms. The summed E-state index contributed by atoms with van der Waals surface area (Å²) < 4.78 is 38.4. The fraction of sp³-hybridized carbons (Fsp3) is 0.562. The summed E-state index contributed by atoms with van der Waals surface area (Å²) in [5.41, 5.74) is 0.870. The highest BCUT2D eigenvalue weighted by molar-refractivity contribution is 7.90. The molecule has 0 aliphatic carbocycles. The lowest BCUT2D eigenvalue weighted by atomic mass is 10.2. The summed E-state index contributed by atoms with van der Waals surface area (Å²) in [6.45, 7) is 3.26. The highest BCUT2D eigenvalue weighted by atomic mass is 32.2. The standard InChI is InChI=1S/C16H27N3O5S/c1-6-17-16(18-7-8-25(5,20)21)19-11-12-9-13(22-2)15(24-4)14(10-12)23-3/h9-10H,6-8,11H2,1-5H3,(H2,17,18,19). The fourth-order valence-electron chi connectivity index (χ4n) is 2.09. The number of aliphatic imine (C=N–C) groups is 1. The van der Waals surface area contributed by atoms with Gasteiger partial charge in [0.2, 0.25) is 5.75 Å². The van der Waals surface area contributed by atoms with Gasteiger partial charge in [-0.05, 0) is 24.6 Å². The van der Waals surface area contributed by atoms with E-state index in [-0.39, 0.29) is 5.75 Å². The molecule has 1 rings (SSSR count). The zero-order chi connectivity index (χ0) is 18.9. The molecular weight excluding hydrogens is 346 g/mol. The van der Waals surface area contributed by atoms with Crippen LogP contribution < -0.4 is 24.8 Å². The maximum atomic E-state index is 11.2. The summed E-state index contributed by atoms with van der Waals surface area (Å²) in [6.07, 6.45) is 1.20. The minimum absolute atomic E-state index is 0.0432. The van der Waals surface area contributed by atoms with Crippen molar-refractivity contribution < 1.29 is 22.6 Å². The fourth-order valence-corrected chi connectivity index (χ4v) is 2.57. The number of guanidine groups is 1. The van der Waals surface area contributed by atoms with Crippen LogP contribution in [0.3, 0.4) is 0 Å². The molecule has 0 radical (unpaired) electrons. The van der Waals surface area contributed by atoms with Gasteiger partial charge in [-0.3, -0.25) is 0 Å². The van der Waals surface area contributed by atoms with Crippen molar-refractivity contribution in [2.24, 2.45) is 4.99 Å². The van der Waals surface area contributed by atoms with E-state index in [0.717, 1.165) is 5.56 Å². The van der Waals surface area contributed by atoms with Gasteiger partial charge in [0.25, 0.3) is 0 Å². The number of nitrogens with one attached hydrogen (secondary N) is 2. The van der Waals surface area contributed by atoms with Gasteiger partial charge >= 0.3 is 0 Å². The second-order valence-electron chi connectivity index (χ2n) is 5.29. The van der Waals surface area contributed by atoms with E-state index in [9.17, 15) is 8.42 Å². The summed E-state index contributed by atoms with van der Waals surface area (Å²) in [4.78, 5) is 4.46. The molecular formula is C16H27N3O5S. The predicted octanol–water partition coefficient (Wildman–Crippen LogP) is 0.812. The van der Waals surface area contributed by atoms with Crippen molar-refractivity contribution in [2.75, 3.05) is 46.4 Å². The molecule has 0 aliphatic heterocycles. The van der Waals surface area contributed by atoms with E-state index in [4.69, 9.17) is 14.2 Å². The van der Waals surface area contributed by atoms with Crippen LogP contribution in [0.4, 0.5) is 0 Å². The Hall–Kier alpha value is -2.16. The average Bonchev–Trinajstić information content (AvgIpc) is 2.57. The van der Waals surface area contributed by atoms with Crippen molar-refractivity contribution in [1.82, 2.24) is 10.6 Å². The molecule has 0 saturated carbocycles. The monoisotopic (exact) mass is 373 g/mol. The molecule has 1 aromatic carbocycles. The molecule has 0 aromatic heterocycles. The maximum absolute atomic E-state index is 11.2. The Morgan fingerprint density at radius 3 is 2.12 bits per heavy atom.